The van der Waals surface area contributed by atoms with Crippen LogP contribution in [0.2, 0.25) is 0 Å². The Balaban J connectivity index is 1.42. The first-order valence-electron chi connectivity index (χ1n) is 11.7. The number of benzene rings is 1. The summed E-state index contributed by atoms with van der Waals surface area (Å²) in [6.45, 7) is 1.36. The number of ether oxygens (including phenoxy) is 1. The summed E-state index contributed by atoms with van der Waals surface area (Å²) in [7, 11) is -4.07. The molecule has 1 aromatic heterocycles. The lowest BCUT2D eigenvalue weighted by molar-refractivity contribution is -0.150. The van der Waals surface area contributed by atoms with E-state index >= 15 is 0 Å². The molecule has 2 heterocycles. The number of nitrogens with two attached hydrogens (primary N) is 1. The Hall–Kier alpha value is -2.44. The molecule has 1 saturated heterocycles. The second-order valence-electron chi connectivity index (χ2n) is 8.73. The summed E-state index contributed by atoms with van der Waals surface area (Å²) in [6.07, 6.45) is 4.15. The van der Waals surface area contributed by atoms with Gasteiger partial charge < -0.3 is 20.1 Å². The zero-order valence-electron chi connectivity index (χ0n) is 19.8. The third-order valence-electron chi connectivity index (χ3n) is 5.93. The molecule has 5 atom stereocenters. The Kier molecular flexibility index (Phi) is 8.68. The van der Waals surface area contributed by atoms with Crippen molar-refractivity contribution in [1.29, 1.82) is 0 Å². The third kappa shape index (κ3) is 6.86. The maximum absolute atomic E-state index is 13.7. The van der Waals surface area contributed by atoms with E-state index < -0.39 is 42.2 Å². The van der Waals surface area contributed by atoms with Crippen LogP contribution < -0.4 is 21.0 Å². The number of hydrogen-bond donors (Lipinski definition) is 3. The first-order valence-corrected chi connectivity index (χ1v) is 14.2. The van der Waals surface area contributed by atoms with Gasteiger partial charge in [0.05, 0.1) is 23.3 Å². The molecule has 1 aromatic carbocycles. The number of nitrogen functional groups attached to an aromatic ring is 1. The Bertz CT molecular complexity index is 1150. The van der Waals surface area contributed by atoms with Crippen LogP contribution in [0.25, 0.3) is 0 Å². The predicted octanol–water partition coefficient (Wildman–Crippen LogP) is 2.25. The molecule has 0 spiro atoms. The van der Waals surface area contributed by atoms with Crippen molar-refractivity contribution in [3.63, 3.8) is 0 Å². The first-order chi connectivity index (χ1) is 17.2. The van der Waals surface area contributed by atoms with Gasteiger partial charge in [-0.1, -0.05) is 18.2 Å². The van der Waals surface area contributed by atoms with Gasteiger partial charge in [0.15, 0.2) is 0 Å². The maximum Gasteiger partial charge on any atom is 0.459 e. The van der Waals surface area contributed by atoms with E-state index in [4.69, 9.17) is 19.5 Å². The molecule has 0 amide bonds. The Labute approximate surface area is 212 Å². The average molecular weight is 540 g/mol. The number of hydrogen-bond acceptors (Lipinski definition) is 11. The molecule has 4 N–H and O–H groups in total. The molecule has 12 nitrogen and oxygen atoms in total. The lowest BCUT2D eigenvalue weighted by Crippen LogP contribution is -2.37. The number of nitrogens with zero attached hydrogens (tertiary/aromatic N) is 3. The molecule has 14 heteroatoms. The highest BCUT2D eigenvalue weighted by molar-refractivity contribution is 8.00. The van der Waals surface area contributed by atoms with Crippen molar-refractivity contribution < 1.29 is 28.3 Å². The van der Waals surface area contributed by atoms with Crippen molar-refractivity contribution in [1.82, 2.24) is 19.6 Å². The number of carbonyl (C=O) groups excluding carboxylic acids is 1. The normalized spacial score (nSPS) is 24.8. The highest BCUT2D eigenvalue weighted by Crippen LogP contribution is 2.48. The van der Waals surface area contributed by atoms with Crippen LogP contribution in [0.5, 0.6) is 5.75 Å². The number of para-hydroxylation sites is 1. The van der Waals surface area contributed by atoms with Gasteiger partial charge in [-0.3, -0.25) is 13.9 Å². The number of aliphatic hydroxyl groups is 1. The van der Waals surface area contributed by atoms with Crippen LogP contribution in [0.3, 0.4) is 0 Å². The van der Waals surface area contributed by atoms with Gasteiger partial charge in [-0.2, -0.15) is 10.1 Å². The standard InChI is InChI=1S/C22H30N5O7PS/c1-14(20(29)33-15-7-5-6-8-15)26-35(31,34-16-9-3-2-4-10-16)32-12-18-17(28)11-19(36-18)27-13-24-21(23)25-22(27)30/h2-4,9-10,13-15,17-19,28H,5-8,11-12H2,1H3,(H,26,31)(H2,23,25,30)/t14-,17+,18?,19?,35?/m0/s1. The van der Waals surface area contributed by atoms with Crippen LogP contribution in [-0.4, -0.2) is 55.7 Å². The van der Waals surface area contributed by atoms with E-state index in [9.17, 15) is 19.3 Å². The largest absolute Gasteiger partial charge is 0.461 e. The molecule has 4 rings (SSSR count). The summed E-state index contributed by atoms with van der Waals surface area (Å²) >= 11 is 1.26. The van der Waals surface area contributed by atoms with E-state index in [1.165, 1.54) is 29.6 Å². The van der Waals surface area contributed by atoms with Gasteiger partial charge in [0.25, 0.3) is 0 Å². The summed E-state index contributed by atoms with van der Waals surface area (Å²) < 4.78 is 31.9. The number of esters is 1. The van der Waals surface area contributed by atoms with Crippen LogP contribution in [0.15, 0.2) is 41.5 Å². The molecule has 2 aliphatic rings. The number of thioether (sulfide) groups is 1. The topological polar surface area (TPSA) is 168 Å². The van der Waals surface area contributed by atoms with Crippen molar-refractivity contribution in [3.8, 4) is 5.75 Å². The molecule has 2 fully saturated rings. The molecule has 1 saturated carbocycles. The summed E-state index contributed by atoms with van der Waals surface area (Å²) in [5.41, 5.74) is 4.87. The minimum atomic E-state index is -4.07. The van der Waals surface area contributed by atoms with Crippen LogP contribution in [0, 0.1) is 0 Å². The Morgan fingerprint density at radius 1 is 1.33 bits per heavy atom. The number of aromatic nitrogens is 3. The van der Waals surface area contributed by atoms with Crippen LogP contribution in [-0.2, 0) is 18.6 Å². The fraction of sp³-hybridized carbons (Fsp3) is 0.545. The second kappa shape index (κ2) is 11.7. The Morgan fingerprint density at radius 3 is 2.75 bits per heavy atom. The minimum absolute atomic E-state index is 0.134. The van der Waals surface area contributed by atoms with Crippen LogP contribution >= 0.6 is 19.5 Å². The minimum Gasteiger partial charge on any atom is -0.461 e. The zero-order valence-corrected chi connectivity index (χ0v) is 21.5. The van der Waals surface area contributed by atoms with Crippen molar-refractivity contribution in [2.45, 2.75) is 67.9 Å². The van der Waals surface area contributed by atoms with E-state index in [-0.39, 0.29) is 30.8 Å². The monoisotopic (exact) mass is 539 g/mol. The SMILES string of the molecule is C[C@H](NP(=O)(OCC1SC(n2cnc(N)nc2=O)C[C@H]1O)Oc1ccccc1)C(=O)OC1CCCC1. The number of aliphatic hydroxyl groups excluding tert-OH is 1. The quantitative estimate of drug-likeness (QED) is 0.298. The Morgan fingerprint density at radius 2 is 2.06 bits per heavy atom. The number of nitrogens with one attached hydrogen (secondary N) is 1. The van der Waals surface area contributed by atoms with Gasteiger partial charge in [-0.05, 0) is 44.7 Å². The van der Waals surface area contributed by atoms with E-state index in [0.29, 0.717) is 0 Å². The summed E-state index contributed by atoms with van der Waals surface area (Å²) in [5.74, 6) is -0.390. The summed E-state index contributed by atoms with van der Waals surface area (Å²) in [4.78, 5) is 32.2. The van der Waals surface area contributed by atoms with Gasteiger partial charge in [-0.15, -0.1) is 11.8 Å². The zero-order chi connectivity index (χ0) is 25.7. The number of carbonyl (C=O) groups is 1. The lowest BCUT2D eigenvalue weighted by atomic mass is 10.2. The van der Waals surface area contributed by atoms with Crippen molar-refractivity contribution >= 4 is 31.4 Å². The van der Waals surface area contributed by atoms with E-state index in [1.807, 2.05) is 0 Å². The fourth-order valence-electron chi connectivity index (χ4n) is 4.03. The van der Waals surface area contributed by atoms with E-state index in [1.54, 1.807) is 30.3 Å². The van der Waals surface area contributed by atoms with Crippen molar-refractivity contribution in [2.75, 3.05) is 12.3 Å². The summed E-state index contributed by atoms with van der Waals surface area (Å²) in [6, 6.07) is 7.47. The summed E-state index contributed by atoms with van der Waals surface area (Å²) in [5, 5.41) is 12.3. The van der Waals surface area contributed by atoms with Gasteiger partial charge in [-0.25, -0.2) is 14.3 Å². The molecule has 0 radical (unpaired) electrons. The van der Waals surface area contributed by atoms with E-state index in [0.717, 1.165) is 25.7 Å². The molecule has 1 aliphatic heterocycles. The van der Waals surface area contributed by atoms with Crippen molar-refractivity contribution in [3.05, 3.63) is 47.1 Å². The number of rotatable bonds is 10. The van der Waals surface area contributed by atoms with E-state index in [2.05, 4.69) is 15.1 Å². The molecule has 196 valence electrons. The molecule has 0 bridgehead atoms. The highest BCUT2D eigenvalue weighted by Gasteiger charge is 2.39. The average Bonchev–Trinajstić information content (AvgIpc) is 3.47. The fourth-order valence-corrected chi connectivity index (χ4v) is 7.08. The molecule has 2 aromatic rings. The van der Waals surface area contributed by atoms with Gasteiger partial charge in [0.2, 0.25) is 5.95 Å². The van der Waals surface area contributed by atoms with Crippen LogP contribution in [0.1, 0.15) is 44.4 Å². The molecule has 1 aliphatic carbocycles. The smallest absolute Gasteiger partial charge is 0.459 e. The third-order valence-corrected chi connectivity index (χ3v) is 9.11. The highest BCUT2D eigenvalue weighted by atomic mass is 32.2. The lowest BCUT2D eigenvalue weighted by Gasteiger charge is -2.25. The second-order valence-corrected chi connectivity index (χ2v) is 11.8. The van der Waals surface area contributed by atoms with Gasteiger partial charge in [0, 0.05) is 6.42 Å². The molecular formula is C22H30N5O7PS. The molecule has 36 heavy (non-hydrogen) atoms. The predicted molar refractivity (Wildman–Crippen MR) is 133 cm³/mol. The maximum atomic E-state index is 13.7. The van der Waals surface area contributed by atoms with Gasteiger partial charge in [0.1, 0.15) is 24.2 Å². The number of anilines is 1. The molecule has 3 unspecified atom stereocenters. The molecular weight excluding hydrogens is 509 g/mol. The van der Waals surface area contributed by atoms with Crippen LogP contribution in [0.4, 0.5) is 5.95 Å². The van der Waals surface area contributed by atoms with Crippen molar-refractivity contribution in [2.24, 2.45) is 0 Å². The van der Waals surface area contributed by atoms with Gasteiger partial charge >= 0.3 is 19.4 Å². The first kappa shape index (κ1) is 26.6.